The SMILES string of the molecule is CNC(CCO)CS(=O)(=O)C1CCCCC1. The zero-order valence-electron chi connectivity index (χ0n) is 9.98. The molecular weight excluding hydrogens is 226 g/mol. The van der Waals surface area contributed by atoms with E-state index in [2.05, 4.69) is 5.32 Å². The van der Waals surface area contributed by atoms with Crippen molar-refractivity contribution in [3.8, 4) is 0 Å². The first-order chi connectivity index (χ1) is 7.60. The normalized spacial score (nSPS) is 20.9. The smallest absolute Gasteiger partial charge is 0.154 e. The van der Waals surface area contributed by atoms with Gasteiger partial charge >= 0.3 is 0 Å². The van der Waals surface area contributed by atoms with Crippen LogP contribution in [0.25, 0.3) is 0 Å². The van der Waals surface area contributed by atoms with Gasteiger partial charge in [0.15, 0.2) is 9.84 Å². The molecule has 2 N–H and O–H groups in total. The Labute approximate surface area is 98.4 Å². The van der Waals surface area contributed by atoms with E-state index in [9.17, 15) is 8.42 Å². The fourth-order valence-corrected chi connectivity index (χ4v) is 4.53. The maximum atomic E-state index is 12.1. The Balaban J connectivity index is 2.54. The lowest BCUT2D eigenvalue weighted by Gasteiger charge is -2.24. The molecule has 1 aliphatic rings. The van der Waals surface area contributed by atoms with Gasteiger partial charge < -0.3 is 10.4 Å². The molecule has 5 heteroatoms. The molecule has 1 unspecified atom stereocenters. The molecule has 0 radical (unpaired) electrons. The zero-order chi connectivity index (χ0) is 12.0. The van der Waals surface area contributed by atoms with Crippen LogP contribution in [0, 0.1) is 0 Å². The van der Waals surface area contributed by atoms with Crippen LogP contribution in [0.2, 0.25) is 0 Å². The minimum Gasteiger partial charge on any atom is -0.396 e. The minimum atomic E-state index is -2.99. The van der Waals surface area contributed by atoms with Gasteiger partial charge in [0.25, 0.3) is 0 Å². The molecule has 1 aliphatic carbocycles. The fraction of sp³-hybridized carbons (Fsp3) is 1.00. The molecular formula is C11H23NO3S. The molecule has 1 saturated carbocycles. The topological polar surface area (TPSA) is 66.4 Å². The van der Waals surface area contributed by atoms with Gasteiger partial charge in [-0.3, -0.25) is 0 Å². The number of aliphatic hydroxyl groups is 1. The first-order valence-electron chi connectivity index (χ1n) is 6.10. The lowest BCUT2D eigenvalue weighted by Crippen LogP contribution is -2.38. The summed E-state index contributed by atoms with van der Waals surface area (Å²) in [5.74, 6) is 0.161. The highest BCUT2D eigenvalue weighted by Crippen LogP contribution is 2.24. The summed E-state index contributed by atoms with van der Waals surface area (Å²) in [4.78, 5) is 0. The fourth-order valence-electron chi connectivity index (χ4n) is 2.31. The molecule has 0 saturated heterocycles. The molecule has 1 rings (SSSR count). The van der Waals surface area contributed by atoms with Crippen LogP contribution in [0.3, 0.4) is 0 Å². The van der Waals surface area contributed by atoms with Crippen molar-refractivity contribution in [1.29, 1.82) is 0 Å². The summed E-state index contributed by atoms with van der Waals surface area (Å²) in [7, 11) is -1.24. The Kier molecular flexibility index (Phi) is 5.72. The summed E-state index contributed by atoms with van der Waals surface area (Å²) in [6, 6.07) is -0.114. The van der Waals surface area contributed by atoms with Crippen molar-refractivity contribution < 1.29 is 13.5 Å². The largest absolute Gasteiger partial charge is 0.396 e. The van der Waals surface area contributed by atoms with Gasteiger partial charge in [0.1, 0.15) is 0 Å². The monoisotopic (exact) mass is 249 g/mol. The van der Waals surface area contributed by atoms with Crippen LogP contribution in [0.4, 0.5) is 0 Å². The van der Waals surface area contributed by atoms with E-state index in [-0.39, 0.29) is 23.7 Å². The van der Waals surface area contributed by atoms with Gasteiger partial charge in [-0.2, -0.15) is 0 Å². The van der Waals surface area contributed by atoms with E-state index in [1.807, 2.05) is 0 Å². The summed E-state index contributed by atoms with van der Waals surface area (Å²) in [5.41, 5.74) is 0. The average molecular weight is 249 g/mol. The molecule has 0 spiro atoms. The Bertz CT molecular complexity index is 284. The number of nitrogens with one attached hydrogen (secondary N) is 1. The van der Waals surface area contributed by atoms with Crippen molar-refractivity contribution in [2.75, 3.05) is 19.4 Å². The van der Waals surface area contributed by atoms with Crippen molar-refractivity contribution in [3.63, 3.8) is 0 Å². The molecule has 0 heterocycles. The first kappa shape index (κ1) is 13.9. The zero-order valence-corrected chi connectivity index (χ0v) is 10.8. The second-order valence-corrected chi connectivity index (χ2v) is 6.91. The van der Waals surface area contributed by atoms with Gasteiger partial charge in [0.05, 0.1) is 11.0 Å². The van der Waals surface area contributed by atoms with E-state index in [1.54, 1.807) is 7.05 Å². The molecule has 0 aromatic rings. The van der Waals surface area contributed by atoms with Crippen LogP contribution >= 0.6 is 0 Å². The Morgan fingerprint density at radius 3 is 2.44 bits per heavy atom. The van der Waals surface area contributed by atoms with E-state index >= 15 is 0 Å². The average Bonchev–Trinajstić information content (AvgIpc) is 2.29. The van der Waals surface area contributed by atoms with Crippen molar-refractivity contribution >= 4 is 9.84 Å². The predicted octanol–water partition coefficient (Wildman–Crippen LogP) is 0.704. The second kappa shape index (κ2) is 6.57. The Morgan fingerprint density at radius 2 is 1.94 bits per heavy atom. The first-order valence-corrected chi connectivity index (χ1v) is 7.81. The molecule has 16 heavy (non-hydrogen) atoms. The highest BCUT2D eigenvalue weighted by molar-refractivity contribution is 7.92. The van der Waals surface area contributed by atoms with Gasteiger partial charge in [-0.05, 0) is 26.3 Å². The van der Waals surface area contributed by atoms with Crippen molar-refractivity contribution in [1.82, 2.24) is 5.32 Å². The van der Waals surface area contributed by atoms with E-state index in [4.69, 9.17) is 5.11 Å². The Morgan fingerprint density at radius 1 is 1.31 bits per heavy atom. The van der Waals surface area contributed by atoms with Gasteiger partial charge in [-0.25, -0.2) is 8.42 Å². The van der Waals surface area contributed by atoms with Crippen LogP contribution in [-0.2, 0) is 9.84 Å². The summed E-state index contributed by atoms with van der Waals surface area (Å²) >= 11 is 0. The van der Waals surface area contributed by atoms with Crippen molar-refractivity contribution in [2.24, 2.45) is 0 Å². The highest BCUT2D eigenvalue weighted by Gasteiger charge is 2.29. The van der Waals surface area contributed by atoms with E-state index in [0.29, 0.717) is 6.42 Å². The maximum absolute atomic E-state index is 12.1. The lowest BCUT2D eigenvalue weighted by atomic mass is 10.0. The van der Waals surface area contributed by atoms with Crippen LogP contribution < -0.4 is 5.32 Å². The number of hydrogen-bond donors (Lipinski definition) is 2. The van der Waals surface area contributed by atoms with Crippen LogP contribution in [0.15, 0.2) is 0 Å². The van der Waals surface area contributed by atoms with E-state index < -0.39 is 9.84 Å². The standard InChI is InChI=1S/C11H23NO3S/c1-12-10(7-8-13)9-16(14,15)11-5-3-2-4-6-11/h10-13H,2-9H2,1H3. The molecule has 1 fully saturated rings. The Hall–Kier alpha value is -0.130. The van der Waals surface area contributed by atoms with Crippen LogP contribution in [0.1, 0.15) is 38.5 Å². The molecule has 4 nitrogen and oxygen atoms in total. The van der Waals surface area contributed by atoms with Gasteiger partial charge in [-0.1, -0.05) is 19.3 Å². The van der Waals surface area contributed by atoms with Crippen molar-refractivity contribution in [2.45, 2.75) is 49.8 Å². The van der Waals surface area contributed by atoms with Crippen LogP contribution in [0.5, 0.6) is 0 Å². The summed E-state index contributed by atoms with van der Waals surface area (Å²) < 4.78 is 24.2. The summed E-state index contributed by atoms with van der Waals surface area (Å²) in [5, 5.41) is 11.7. The number of rotatable bonds is 6. The maximum Gasteiger partial charge on any atom is 0.154 e. The predicted molar refractivity (Wildman–Crippen MR) is 65.2 cm³/mol. The number of aliphatic hydroxyl groups excluding tert-OH is 1. The molecule has 0 amide bonds. The lowest BCUT2D eigenvalue weighted by molar-refractivity contribution is 0.272. The third-order valence-electron chi connectivity index (χ3n) is 3.38. The molecule has 0 aliphatic heterocycles. The molecule has 1 atom stereocenters. The number of sulfone groups is 1. The minimum absolute atomic E-state index is 0.0334. The quantitative estimate of drug-likeness (QED) is 0.727. The molecule has 0 aromatic heterocycles. The third kappa shape index (κ3) is 4.03. The summed E-state index contributed by atoms with van der Waals surface area (Å²) in [6.07, 6.45) is 5.37. The summed E-state index contributed by atoms with van der Waals surface area (Å²) in [6.45, 7) is 0.0334. The molecule has 0 bridgehead atoms. The molecule has 96 valence electrons. The van der Waals surface area contributed by atoms with E-state index in [1.165, 1.54) is 0 Å². The van der Waals surface area contributed by atoms with Gasteiger partial charge in [0, 0.05) is 12.6 Å². The van der Waals surface area contributed by atoms with Crippen molar-refractivity contribution in [3.05, 3.63) is 0 Å². The van der Waals surface area contributed by atoms with Gasteiger partial charge in [-0.15, -0.1) is 0 Å². The van der Waals surface area contributed by atoms with E-state index in [0.717, 1.165) is 32.1 Å². The highest BCUT2D eigenvalue weighted by atomic mass is 32.2. The van der Waals surface area contributed by atoms with Crippen LogP contribution in [-0.4, -0.2) is 44.2 Å². The third-order valence-corrected chi connectivity index (χ3v) is 5.73. The van der Waals surface area contributed by atoms with Gasteiger partial charge in [0.2, 0.25) is 0 Å². The number of hydrogen-bond acceptors (Lipinski definition) is 4. The second-order valence-electron chi connectivity index (χ2n) is 4.59. The molecule has 0 aromatic carbocycles.